The molecule has 0 radical (unpaired) electrons. The second-order valence-electron chi connectivity index (χ2n) is 4.80. The molecule has 1 rings (SSSR count). The van der Waals surface area contributed by atoms with Crippen LogP contribution in [0.2, 0.25) is 0 Å². The Hall–Kier alpha value is -1.30. The van der Waals surface area contributed by atoms with Gasteiger partial charge in [0.15, 0.2) is 0 Å². The zero-order chi connectivity index (χ0) is 13.0. The van der Waals surface area contributed by atoms with Crippen molar-refractivity contribution in [3.8, 4) is 0 Å². The lowest BCUT2D eigenvalue weighted by atomic mass is 10.2. The summed E-state index contributed by atoms with van der Waals surface area (Å²) in [5.74, 6) is -0.919. The summed E-state index contributed by atoms with van der Waals surface area (Å²) in [5, 5.41) is 11.8. The fourth-order valence-electron chi connectivity index (χ4n) is 2.15. The number of likely N-dealkylation sites (N-methyl/N-ethyl adjacent to an activating group) is 1. The lowest BCUT2D eigenvalue weighted by Crippen LogP contribution is -2.50. The molecule has 2 N–H and O–H groups in total. The number of carbonyl (C=O) groups excluding carboxylic acids is 1. The highest BCUT2D eigenvalue weighted by Crippen LogP contribution is 2.17. The number of likely N-dealkylation sites (tertiary alicyclic amines) is 1. The third kappa shape index (κ3) is 3.89. The molecule has 1 aliphatic heterocycles. The Labute approximate surface area is 102 Å². The Morgan fingerprint density at radius 3 is 2.71 bits per heavy atom. The average molecular weight is 243 g/mol. The molecule has 2 atom stereocenters. The molecule has 1 aliphatic rings. The van der Waals surface area contributed by atoms with Crippen LogP contribution in [0.15, 0.2) is 0 Å². The van der Waals surface area contributed by atoms with Gasteiger partial charge in [-0.2, -0.15) is 0 Å². The van der Waals surface area contributed by atoms with Crippen LogP contribution >= 0.6 is 0 Å². The van der Waals surface area contributed by atoms with Crippen LogP contribution in [0.4, 0.5) is 4.79 Å². The maximum Gasteiger partial charge on any atom is 0.326 e. The first kappa shape index (κ1) is 13.8. The topological polar surface area (TPSA) is 72.9 Å². The van der Waals surface area contributed by atoms with E-state index in [9.17, 15) is 9.59 Å². The van der Waals surface area contributed by atoms with E-state index in [4.69, 9.17) is 5.11 Å². The van der Waals surface area contributed by atoms with Crippen molar-refractivity contribution in [2.75, 3.05) is 27.2 Å². The molecule has 0 bridgehead atoms. The first-order valence-corrected chi connectivity index (χ1v) is 5.86. The van der Waals surface area contributed by atoms with Crippen molar-refractivity contribution in [1.82, 2.24) is 15.1 Å². The summed E-state index contributed by atoms with van der Waals surface area (Å²) in [7, 11) is 3.86. The van der Waals surface area contributed by atoms with Gasteiger partial charge in [-0.3, -0.25) is 0 Å². The van der Waals surface area contributed by atoms with Crippen molar-refractivity contribution in [3.63, 3.8) is 0 Å². The number of urea groups is 1. The molecule has 17 heavy (non-hydrogen) atoms. The third-order valence-electron chi connectivity index (χ3n) is 2.81. The quantitative estimate of drug-likeness (QED) is 0.739. The van der Waals surface area contributed by atoms with Gasteiger partial charge in [0.25, 0.3) is 0 Å². The molecule has 98 valence electrons. The van der Waals surface area contributed by atoms with Crippen molar-refractivity contribution in [2.45, 2.75) is 31.8 Å². The monoisotopic (exact) mass is 243 g/mol. The highest BCUT2D eigenvalue weighted by atomic mass is 16.4. The molecular weight excluding hydrogens is 222 g/mol. The fraction of sp³-hybridized carbons (Fsp3) is 0.818. The van der Waals surface area contributed by atoms with Gasteiger partial charge >= 0.3 is 12.0 Å². The first-order chi connectivity index (χ1) is 7.91. The van der Waals surface area contributed by atoms with Crippen LogP contribution in [0.3, 0.4) is 0 Å². The summed E-state index contributed by atoms with van der Waals surface area (Å²) >= 11 is 0. The van der Waals surface area contributed by atoms with E-state index in [1.807, 2.05) is 25.9 Å². The fourth-order valence-corrected chi connectivity index (χ4v) is 2.15. The number of amides is 2. The number of carbonyl (C=O) groups is 2. The number of rotatable bonds is 4. The van der Waals surface area contributed by atoms with E-state index in [-0.39, 0.29) is 12.1 Å². The summed E-state index contributed by atoms with van der Waals surface area (Å²) in [6.07, 6.45) is 1.30. The second-order valence-corrected chi connectivity index (χ2v) is 4.80. The number of hydrogen-bond donors (Lipinski definition) is 2. The zero-order valence-corrected chi connectivity index (χ0v) is 10.6. The van der Waals surface area contributed by atoms with Gasteiger partial charge in [0.2, 0.25) is 0 Å². The number of nitrogens with zero attached hydrogens (tertiary/aromatic N) is 2. The van der Waals surface area contributed by atoms with Gasteiger partial charge in [0.1, 0.15) is 6.04 Å². The molecule has 0 aliphatic carbocycles. The van der Waals surface area contributed by atoms with Crippen LogP contribution in [-0.2, 0) is 4.79 Å². The second kappa shape index (κ2) is 5.86. The minimum Gasteiger partial charge on any atom is -0.480 e. The van der Waals surface area contributed by atoms with Crippen LogP contribution in [0.25, 0.3) is 0 Å². The molecule has 0 aromatic rings. The average Bonchev–Trinajstić information content (AvgIpc) is 2.63. The summed E-state index contributed by atoms with van der Waals surface area (Å²) in [6.45, 7) is 3.17. The van der Waals surface area contributed by atoms with Gasteiger partial charge in [-0.15, -0.1) is 0 Å². The van der Waals surface area contributed by atoms with Crippen LogP contribution in [-0.4, -0.2) is 66.2 Å². The van der Waals surface area contributed by atoms with Crippen molar-refractivity contribution in [3.05, 3.63) is 0 Å². The SMILES string of the molecule is CC(CN(C)C)NC(=O)N1CCCC1C(=O)O. The van der Waals surface area contributed by atoms with Gasteiger partial charge in [0, 0.05) is 19.1 Å². The molecule has 0 aromatic heterocycles. The Bertz CT molecular complexity index is 294. The third-order valence-corrected chi connectivity index (χ3v) is 2.81. The number of carboxylic acids is 1. The minimum atomic E-state index is -0.919. The maximum atomic E-state index is 11.9. The molecule has 1 saturated heterocycles. The van der Waals surface area contributed by atoms with Crippen molar-refractivity contribution in [2.24, 2.45) is 0 Å². The van der Waals surface area contributed by atoms with E-state index in [0.29, 0.717) is 13.0 Å². The van der Waals surface area contributed by atoms with Crippen molar-refractivity contribution in [1.29, 1.82) is 0 Å². The van der Waals surface area contributed by atoms with Gasteiger partial charge in [0.05, 0.1) is 0 Å². The van der Waals surface area contributed by atoms with Crippen molar-refractivity contribution < 1.29 is 14.7 Å². The van der Waals surface area contributed by atoms with E-state index < -0.39 is 12.0 Å². The molecule has 2 unspecified atom stereocenters. The van der Waals surface area contributed by atoms with Gasteiger partial charge in [-0.1, -0.05) is 0 Å². The summed E-state index contributed by atoms with van der Waals surface area (Å²) in [4.78, 5) is 26.2. The number of carboxylic acid groups (broad SMARTS) is 1. The molecule has 6 heteroatoms. The van der Waals surface area contributed by atoms with Crippen molar-refractivity contribution >= 4 is 12.0 Å². The summed E-state index contributed by atoms with van der Waals surface area (Å²) in [6, 6.07) is -0.932. The Morgan fingerprint density at radius 1 is 1.53 bits per heavy atom. The van der Waals surface area contributed by atoms with Crippen LogP contribution in [0.5, 0.6) is 0 Å². The molecule has 0 saturated carbocycles. The lowest BCUT2D eigenvalue weighted by molar-refractivity contribution is -0.141. The van der Waals surface area contributed by atoms with E-state index in [1.165, 1.54) is 4.90 Å². The molecule has 2 amide bonds. The molecule has 0 aromatic carbocycles. The predicted octanol–water partition coefficient (Wildman–Crippen LogP) is 0.195. The standard InChI is InChI=1S/C11H21N3O3/c1-8(7-13(2)3)12-11(17)14-6-4-5-9(14)10(15)16/h8-9H,4-7H2,1-3H3,(H,12,17)(H,15,16). The van der Waals surface area contributed by atoms with Crippen LogP contribution in [0, 0.1) is 0 Å². The predicted molar refractivity (Wildman–Crippen MR) is 63.9 cm³/mol. The van der Waals surface area contributed by atoms with Gasteiger partial charge in [-0.05, 0) is 33.9 Å². The van der Waals surface area contributed by atoms with E-state index in [0.717, 1.165) is 13.0 Å². The molecule has 6 nitrogen and oxygen atoms in total. The minimum absolute atomic E-state index is 0.00699. The zero-order valence-electron chi connectivity index (χ0n) is 10.6. The summed E-state index contributed by atoms with van der Waals surface area (Å²) in [5.41, 5.74) is 0. The first-order valence-electron chi connectivity index (χ1n) is 5.86. The Morgan fingerprint density at radius 2 is 2.18 bits per heavy atom. The highest BCUT2D eigenvalue weighted by Gasteiger charge is 2.34. The number of aliphatic carboxylic acids is 1. The molecule has 0 spiro atoms. The Kier molecular flexibility index (Phi) is 4.74. The molecule has 1 fully saturated rings. The van der Waals surface area contributed by atoms with Crippen LogP contribution in [0.1, 0.15) is 19.8 Å². The molecular formula is C11H21N3O3. The number of nitrogens with one attached hydrogen (secondary N) is 1. The maximum absolute atomic E-state index is 11.9. The molecule has 1 heterocycles. The van der Waals surface area contributed by atoms with E-state index in [2.05, 4.69) is 5.32 Å². The lowest BCUT2D eigenvalue weighted by Gasteiger charge is -2.25. The largest absolute Gasteiger partial charge is 0.480 e. The van der Waals surface area contributed by atoms with Gasteiger partial charge in [-0.25, -0.2) is 9.59 Å². The summed E-state index contributed by atoms with van der Waals surface area (Å²) < 4.78 is 0. The van der Waals surface area contributed by atoms with Crippen LogP contribution < -0.4 is 5.32 Å². The normalized spacial score (nSPS) is 21.6. The van der Waals surface area contributed by atoms with E-state index >= 15 is 0 Å². The highest BCUT2D eigenvalue weighted by molar-refractivity contribution is 5.83. The van der Waals surface area contributed by atoms with E-state index in [1.54, 1.807) is 0 Å². The smallest absolute Gasteiger partial charge is 0.326 e. The Balaban J connectivity index is 2.49. The van der Waals surface area contributed by atoms with Gasteiger partial charge < -0.3 is 20.2 Å². The number of hydrogen-bond acceptors (Lipinski definition) is 3.